The number of hydrogen-bond donors (Lipinski definition) is 3. The van der Waals surface area contributed by atoms with E-state index in [2.05, 4.69) is 15.4 Å². The molecule has 2 amide bonds. The molecule has 18 heavy (non-hydrogen) atoms. The molecule has 2 atom stereocenters. The maximum atomic E-state index is 11.5. The lowest BCUT2D eigenvalue weighted by Crippen LogP contribution is -2.49. The molecule has 0 bridgehead atoms. The van der Waals surface area contributed by atoms with Crippen molar-refractivity contribution in [1.82, 2.24) is 10.6 Å². The first-order valence-electron chi connectivity index (χ1n) is 5.80. The number of methoxy groups -OCH3 is 1. The van der Waals surface area contributed by atoms with E-state index in [9.17, 15) is 14.4 Å². The second kappa shape index (κ2) is 8.46. The van der Waals surface area contributed by atoms with Crippen LogP contribution in [0.25, 0.3) is 0 Å². The predicted octanol–water partition coefficient (Wildman–Crippen LogP) is -1.23. The molecule has 0 heterocycles. The molecule has 0 aromatic rings. The maximum Gasteiger partial charge on any atom is 0.328 e. The van der Waals surface area contributed by atoms with Crippen LogP contribution in [0.2, 0.25) is 0 Å². The topological polar surface area (TPSA) is 111 Å². The van der Waals surface area contributed by atoms with Gasteiger partial charge in [0.25, 0.3) is 0 Å². The molecule has 7 heteroatoms. The third kappa shape index (κ3) is 5.62. The first kappa shape index (κ1) is 16.4. The van der Waals surface area contributed by atoms with Crippen molar-refractivity contribution in [2.75, 3.05) is 20.2 Å². The van der Waals surface area contributed by atoms with Crippen molar-refractivity contribution in [2.45, 2.75) is 26.3 Å². The van der Waals surface area contributed by atoms with Crippen molar-refractivity contribution in [3.63, 3.8) is 0 Å². The average molecular weight is 259 g/mol. The number of rotatable bonds is 7. The Balaban J connectivity index is 4.36. The first-order valence-corrected chi connectivity index (χ1v) is 5.80. The smallest absolute Gasteiger partial charge is 0.328 e. The lowest BCUT2D eigenvalue weighted by Gasteiger charge is -2.21. The molecule has 104 valence electrons. The second-order valence-electron chi connectivity index (χ2n) is 3.93. The summed E-state index contributed by atoms with van der Waals surface area (Å²) in [7, 11) is 1.26. The fraction of sp³-hybridized carbons (Fsp3) is 0.727. The van der Waals surface area contributed by atoms with Crippen LogP contribution in [0, 0.1) is 5.92 Å². The van der Waals surface area contributed by atoms with Crippen molar-refractivity contribution in [1.29, 1.82) is 0 Å². The van der Waals surface area contributed by atoms with E-state index in [0.717, 1.165) is 6.42 Å². The van der Waals surface area contributed by atoms with Gasteiger partial charge in [-0.15, -0.1) is 0 Å². The van der Waals surface area contributed by atoms with Crippen LogP contribution in [0.4, 0.5) is 0 Å². The monoisotopic (exact) mass is 259 g/mol. The molecule has 7 nitrogen and oxygen atoms in total. The first-order chi connectivity index (χ1) is 8.46. The van der Waals surface area contributed by atoms with Crippen LogP contribution in [0.15, 0.2) is 0 Å². The molecule has 0 aliphatic carbocycles. The predicted molar refractivity (Wildman–Crippen MR) is 65.5 cm³/mol. The SMILES string of the molecule is CC[C@H](C)[C@H](NC(=O)CNC(=O)CN)C(=O)OC. The molecular formula is C11H21N3O4. The van der Waals surface area contributed by atoms with Crippen molar-refractivity contribution in [2.24, 2.45) is 11.7 Å². The van der Waals surface area contributed by atoms with Gasteiger partial charge in [-0.25, -0.2) is 4.79 Å². The van der Waals surface area contributed by atoms with Gasteiger partial charge < -0.3 is 21.1 Å². The highest BCUT2D eigenvalue weighted by molar-refractivity contribution is 5.88. The van der Waals surface area contributed by atoms with E-state index < -0.39 is 23.8 Å². The van der Waals surface area contributed by atoms with Gasteiger partial charge in [0.2, 0.25) is 11.8 Å². The summed E-state index contributed by atoms with van der Waals surface area (Å²) in [5.41, 5.74) is 5.08. The van der Waals surface area contributed by atoms with Crippen LogP contribution in [0.3, 0.4) is 0 Å². The second-order valence-corrected chi connectivity index (χ2v) is 3.93. The number of nitrogens with one attached hydrogen (secondary N) is 2. The average Bonchev–Trinajstić information content (AvgIpc) is 2.40. The molecule has 0 aliphatic rings. The summed E-state index contributed by atoms with van der Waals surface area (Å²) in [6.07, 6.45) is 0.717. The van der Waals surface area contributed by atoms with Gasteiger partial charge >= 0.3 is 5.97 Å². The van der Waals surface area contributed by atoms with E-state index in [4.69, 9.17) is 5.73 Å². The zero-order chi connectivity index (χ0) is 14.1. The molecule has 0 saturated carbocycles. The minimum Gasteiger partial charge on any atom is -0.467 e. The molecule has 0 radical (unpaired) electrons. The van der Waals surface area contributed by atoms with Crippen molar-refractivity contribution in [3.05, 3.63) is 0 Å². The van der Waals surface area contributed by atoms with Gasteiger partial charge in [0.15, 0.2) is 0 Å². The normalized spacial score (nSPS) is 13.3. The summed E-state index contributed by atoms with van der Waals surface area (Å²) in [5, 5.41) is 4.85. The largest absolute Gasteiger partial charge is 0.467 e. The summed E-state index contributed by atoms with van der Waals surface area (Å²) in [6, 6.07) is -0.706. The zero-order valence-electron chi connectivity index (χ0n) is 11.0. The van der Waals surface area contributed by atoms with Crippen LogP contribution >= 0.6 is 0 Å². The molecule has 0 unspecified atom stereocenters. The lowest BCUT2D eigenvalue weighted by molar-refractivity contribution is -0.146. The Morgan fingerprint density at radius 2 is 1.89 bits per heavy atom. The van der Waals surface area contributed by atoms with Crippen LogP contribution in [0.5, 0.6) is 0 Å². The van der Waals surface area contributed by atoms with E-state index in [0.29, 0.717) is 0 Å². The summed E-state index contributed by atoms with van der Waals surface area (Å²) in [5.74, 6) is -1.43. The summed E-state index contributed by atoms with van der Waals surface area (Å²) >= 11 is 0. The quantitative estimate of drug-likeness (QED) is 0.496. The van der Waals surface area contributed by atoms with E-state index in [1.54, 1.807) is 0 Å². The highest BCUT2D eigenvalue weighted by Gasteiger charge is 2.26. The highest BCUT2D eigenvalue weighted by atomic mass is 16.5. The Bertz CT molecular complexity index is 307. The molecule has 4 N–H and O–H groups in total. The molecule has 0 fully saturated rings. The van der Waals surface area contributed by atoms with Gasteiger partial charge in [-0.1, -0.05) is 20.3 Å². The number of esters is 1. The molecule has 0 saturated heterocycles. The summed E-state index contributed by atoms with van der Waals surface area (Å²) < 4.78 is 4.62. The number of amides is 2. The Morgan fingerprint density at radius 3 is 2.33 bits per heavy atom. The molecule has 0 rings (SSSR count). The maximum absolute atomic E-state index is 11.5. The molecular weight excluding hydrogens is 238 g/mol. The molecule has 0 aromatic heterocycles. The van der Waals surface area contributed by atoms with Crippen molar-refractivity contribution < 1.29 is 19.1 Å². The third-order valence-corrected chi connectivity index (χ3v) is 2.62. The zero-order valence-corrected chi connectivity index (χ0v) is 11.0. The van der Waals surface area contributed by atoms with Crippen molar-refractivity contribution in [3.8, 4) is 0 Å². The van der Waals surface area contributed by atoms with Crippen LogP contribution in [0.1, 0.15) is 20.3 Å². The number of carbonyl (C=O) groups excluding carboxylic acids is 3. The van der Waals surface area contributed by atoms with Gasteiger partial charge in [0.05, 0.1) is 20.2 Å². The Kier molecular flexibility index (Phi) is 7.69. The molecule has 0 aromatic carbocycles. The minimum atomic E-state index is -0.706. The molecule has 0 spiro atoms. The Morgan fingerprint density at radius 1 is 1.28 bits per heavy atom. The minimum absolute atomic E-state index is 0.0494. The summed E-state index contributed by atoms with van der Waals surface area (Å²) in [6.45, 7) is 3.35. The molecule has 0 aliphatic heterocycles. The van der Waals surface area contributed by atoms with Gasteiger partial charge in [-0.3, -0.25) is 9.59 Å². The van der Waals surface area contributed by atoms with E-state index in [1.165, 1.54) is 7.11 Å². The van der Waals surface area contributed by atoms with Crippen LogP contribution < -0.4 is 16.4 Å². The summed E-state index contributed by atoms with van der Waals surface area (Å²) in [4.78, 5) is 33.9. The van der Waals surface area contributed by atoms with Crippen molar-refractivity contribution >= 4 is 17.8 Å². The standard InChI is InChI=1S/C11H21N3O4/c1-4-7(2)10(11(17)18-3)14-9(16)6-13-8(15)5-12/h7,10H,4-6,12H2,1-3H3,(H,13,15)(H,14,16)/t7-,10-/m0/s1. The number of nitrogens with two attached hydrogens (primary N) is 1. The van der Waals surface area contributed by atoms with E-state index in [1.807, 2.05) is 13.8 Å². The van der Waals surface area contributed by atoms with Gasteiger partial charge in [-0.2, -0.15) is 0 Å². The van der Waals surface area contributed by atoms with Crippen LogP contribution in [-0.4, -0.2) is 44.0 Å². The van der Waals surface area contributed by atoms with Gasteiger partial charge in [-0.05, 0) is 5.92 Å². The van der Waals surface area contributed by atoms with E-state index >= 15 is 0 Å². The van der Waals surface area contributed by atoms with Crippen LogP contribution in [-0.2, 0) is 19.1 Å². The van der Waals surface area contributed by atoms with Gasteiger partial charge in [0.1, 0.15) is 6.04 Å². The van der Waals surface area contributed by atoms with Gasteiger partial charge in [0, 0.05) is 0 Å². The highest BCUT2D eigenvalue weighted by Crippen LogP contribution is 2.08. The fourth-order valence-electron chi connectivity index (χ4n) is 1.27. The number of carbonyl (C=O) groups is 3. The third-order valence-electron chi connectivity index (χ3n) is 2.62. The lowest BCUT2D eigenvalue weighted by atomic mass is 9.99. The Hall–Kier alpha value is -1.63. The van der Waals surface area contributed by atoms with E-state index in [-0.39, 0.29) is 19.0 Å². The fourth-order valence-corrected chi connectivity index (χ4v) is 1.27. The Labute approximate surface area is 106 Å². The number of hydrogen-bond acceptors (Lipinski definition) is 5. The number of ether oxygens (including phenoxy) is 1.